The molecule has 5 nitrogen and oxygen atoms in total. The number of rotatable bonds is 3. The van der Waals surface area contributed by atoms with Crippen LogP contribution in [0.15, 0.2) is 23.8 Å². The van der Waals surface area contributed by atoms with Crippen LogP contribution in [-0.2, 0) is 14.3 Å². The van der Waals surface area contributed by atoms with E-state index in [0.717, 1.165) is 19.3 Å². The van der Waals surface area contributed by atoms with E-state index >= 15 is 8.78 Å². The Morgan fingerprint density at radius 3 is 2.47 bits per heavy atom. The standard InChI is InChI=1S/C28H36F2O5S/c1-15-11-18-19-13-21(29)20-12-17(31)9-10-25(20,2)27(19,30)22(32)14-26(18,3)28(15,24(34)36)35-23(33)16-7-5-4-6-8-16/h9-10,12,15-16,18-19,21-22,32H,4-8,11,13-14H2,1-3H3,(H,34,36)/t15?,18-,19-,21-,22-,25-,26-,27-,28-/m0/s1. The summed E-state index contributed by atoms with van der Waals surface area (Å²) in [5.74, 6) is -2.96. The molecule has 5 aliphatic carbocycles. The Bertz CT molecular complexity index is 1050. The summed E-state index contributed by atoms with van der Waals surface area (Å²) in [7, 11) is 0. The van der Waals surface area contributed by atoms with Crippen molar-refractivity contribution in [3.63, 3.8) is 0 Å². The van der Waals surface area contributed by atoms with Crippen molar-refractivity contribution in [2.45, 2.75) is 95.7 Å². The van der Waals surface area contributed by atoms with Crippen LogP contribution in [0.5, 0.6) is 0 Å². The molecule has 0 aromatic heterocycles. The number of ketones is 1. The predicted molar refractivity (Wildman–Crippen MR) is 134 cm³/mol. The van der Waals surface area contributed by atoms with Gasteiger partial charge in [-0.25, -0.2) is 8.78 Å². The highest BCUT2D eigenvalue weighted by Crippen LogP contribution is 2.71. The zero-order valence-corrected chi connectivity index (χ0v) is 22.0. The second-order valence-electron chi connectivity index (χ2n) is 12.3. The lowest BCUT2D eigenvalue weighted by molar-refractivity contribution is -0.223. The Balaban J connectivity index is 1.58. The number of esters is 1. The van der Waals surface area contributed by atoms with Crippen LogP contribution in [0.1, 0.15) is 72.1 Å². The van der Waals surface area contributed by atoms with Gasteiger partial charge in [0.15, 0.2) is 17.1 Å². The summed E-state index contributed by atoms with van der Waals surface area (Å²) >= 11 is 5.34. The summed E-state index contributed by atoms with van der Waals surface area (Å²) < 4.78 is 39.2. The Kier molecular flexibility index (Phi) is 6.07. The second-order valence-corrected chi connectivity index (χ2v) is 12.7. The maximum absolute atomic E-state index is 17.4. The maximum Gasteiger partial charge on any atom is 0.309 e. The van der Waals surface area contributed by atoms with E-state index in [1.54, 1.807) is 13.8 Å². The first-order chi connectivity index (χ1) is 16.8. The van der Waals surface area contributed by atoms with Gasteiger partial charge in [-0.1, -0.05) is 39.2 Å². The number of alkyl halides is 2. The summed E-state index contributed by atoms with van der Waals surface area (Å²) in [4.78, 5) is 25.4. The lowest BCUT2D eigenvalue weighted by atomic mass is 9.44. The SMILES string of the molecule is CC1C[C@H]2[C@@H]3C[C@H](F)C4=CC(=O)C=C[C@]4(C)[C@@]3(F)[C@@H](O)C[C@]2(C)[C@@]1(OC(=O)C1CCCCC1)C(O)=S. The normalized spacial score (nSPS) is 48.4. The minimum atomic E-state index is -2.23. The van der Waals surface area contributed by atoms with E-state index in [9.17, 15) is 19.8 Å². The van der Waals surface area contributed by atoms with Crippen LogP contribution in [0, 0.1) is 34.5 Å². The summed E-state index contributed by atoms with van der Waals surface area (Å²) in [6.45, 7) is 5.17. The molecule has 0 saturated heterocycles. The molecule has 4 fully saturated rings. The molecule has 0 aliphatic heterocycles. The molecule has 0 amide bonds. The van der Waals surface area contributed by atoms with Gasteiger partial charge in [0.25, 0.3) is 0 Å². The fourth-order valence-corrected chi connectivity index (χ4v) is 9.30. The lowest BCUT2D eigenvalue weighted by Gasteiger charge is -2.63. The van der Waals surface area contributed by atoms with Crippen LogP contribution >= 0.6 is 12.2 Å². The molecule has 0 heterocycles. The highest BCUT2D eigenvalue weighted by Gasteiger charge is 2.77. The van der Waals surface area contributed by atoms with Crippen LogP contribution in [0.2, 0.25) is 0 Å². The van der Waals surface area contributed by atoms with Crippen molar-refractivity contribution in [1.29, 1.82) is 0 Å². The maximum atomic E-state index is 17.4. The molecular formula is C28H36F2O5S. The monoisotopic (exact) mass is 522 g/mol. The summed E-state index contributed by atoms with van der Waals surface area (Å²) in [6.07, 6.45) is 5.11. The van der Waals surface area contributed by atoms with Crippen molar-refractivity contribution in [1.82, 2.24) is 0 Å². The van der Waals surface area contributed by atoms with Crippen LogP contribution in [0.4, 0.5) is 8.78 Å². The number of aliphatic hydroxyl groups excluding tert-OH is 2. The van der Waals surface area contributed by atoms with Gasteiger partial charge in [0.2, 0.25) is 5.05 Å². The van der Waals surface area contributed by atoms with Gasteiger partial charge >= 0.3 is 5.97 Å². The molecule has 9 atom stereocenters. The molecule has 0 aromatic carbocycles. The van der Waals surface area contributed by atoms with Gasteiger partial charge in [0.05, 0.1) is 12.0 Å². The fourth-order valence-electron chi connectivity index (χ4n) is 8.82. The third-order valence-corrected chi connectivity index (χ3v) is 11.0. The number of carbonyl (C=O) groups is 2. The first-order valence-corrected chi connectivity index (χ1v) is 13.7. The van der Waals surface area contributed by atoms with Crippen molar-refractivity contribution in [2.75, 3.05) is 0 Å². The average Bonchev–Trinajstić information content (AvgIpc) is 3.05. The zero-order chi connectivity index (χ0) is 26.3. The van der Waals surface area contributed by atoms with Crippen molar-refractivity contribution in [3.8, 4) is 0 Å². The van der Waals surface area contributed by atoms with Gasteiger partial charge < -0.3 is 14.9 Å². The van der Waals surface area contributed by atoms with Gasteiger partial charge in [-0.3, -0.25) is 9.59 Å². The molecule has 4 saturated carbocycles. The summed E-state index contributed by atoms with van der Waals surface area (Å²) in [6, 6.07) is 0. The molecule has 8 heteroatoms. The first kappa shape index (κ1) is 26.0. The number of fused-ring (bicyclic) bond motifs is 5. The largest absolute Gasteiger partial charge is 0.499 e. The van der Waals surface area contributed by atoms with Gasteiger partial charge in [-0.2, -0.15) is 0 Å². The van der Waals surface area contributed by atoms with E-state index in [1.165, 1.54) is 18.2 Å². The number of aliphatic hydroxyl groups is 2. The number of allylic oxidation sites excluding steroid dienone is 4. The van der Waals surface area contributed by atoms with Gasteiger partial charge in [-0.15, -0.1) is 0 Å². The van der Waals surface area contributed by atoms with Crippen LogP contribution in [-0.4, -0.2) is 50.6 Å². The highest BCUT2D eigenvalue weighted by molar-refractivity contribution is 7.80. The van der Waals surface area contributed by atoms with E-state index < -0.39 is 68.9 Å². The van der Waals surface area contributed by atoms with Gasteiger partial charge in [-0.05, 0) is 74.9 Å². The third-order valence-electron chi connectivity index (χ3n) is 10.7. The molecule has 0 aromatic rings. The predicted octanol–water partition coefficient (Wildman–Crippen LogP) is 5.30. The smallest absolute Gasteiger partial charge is 0.309 e. The van der Waals surface area contributed by atoms with Crippen LogP contribution in [0.25, 0.3) is 0 Å². The topological polar surface area (TPSA) is 83.8 Å². The molecule has 1 unspecified atom stereocenters. The summed E-state index contributed by atoms with van der Waals surface area (Å²) in [5.41, 5.74) is -6.33. The minimum absolute atomic E-state index is 0.0649. The minimum Gasteiger partial charge on any atom is -0.499 e. The zero-order valence-electron chi connectivity index (χ0n) is 21.1. The van der Waals surface area contributed by atoms with Crippen molar-refractivity contribution in [3.05, 3.63) is 23.8 Å². The Labute approximate surface area is 216 Å². The molecule has 5 aliphatic rings. The Morgan fingerprint density at radius 2 is 1.83 bits per heavy atom. The highest BCUT2D eigenvalue weighted by atomic mass is 32.1. The Morgan fingerprint density at radius 1 is 1.17 bits per heavy atom. The number of hydrogen-bond donors (Lipinski definition) is 2. The van der Waals surface area contributed by atoms with Gasteiger partial charge in [0.1, 0.15) is 6.17 Å². The molecule has 5 rings (SSSR count). The number of carbonyl (C=O) groups excluding carboxylic acids is 2. The van der Waals surface area contributed by atoms with E-state index in [-0.39, 0.29) is 24.3 Å². The Hall–Kier alpha value is -1.67. The average molecular weight is 523 g/mol. The number of hydrogen-bond acceptors (Lipinski definition) is 5. The second kappa shape index (κ2) is 8.42. The molecule has 0 bridgehead atoms. The number of thiocarbonyl (C=S) groups is 1. The van der Waals surface area contributed by atoms with E-state index in [2.05, 4.69) is 0 Å². The third kappa shape index (κ3) is 3.15. The van der Waals surface area contributed by atoms with Crippen molar-refractivity contribution < 1.29 is 33.3 Å². The fraction of sp³-hybridized carbons (Fsp3) is 0.750. The van der Waals surface area contributed by atoms with E-state index in [1.807, 2.05) is 6.92 Å². The quantitative estimate of drug-likeness (QED) is 0.387. The van der Waals surface area contributed by atoms with E-state index in [0.29, 0.717) is 19.3 Å². The van der Waals surface area contributed by atoms with E-state index in [4.69, 9.17) is 17.0 Å². The molecule has 2 N–H and O–H groups in total. The molecule has 0 radical (unpaired) electrons. The summed E-state index contributed by atoms with van der Waals surface area (Å²) in [5, 5.41) is 22.0. The van der Waals surface area contributed by atoms with Crippen molar-refractivity contribution in [2.24, 2.45) is 34.5 Å². The van der Waals surface area contributed by atoms with Crippen molar-refractivity contribution >= 4 is 29.0 Å². The molecular weight excluding hydrogens is 486 g/mol. The number of ether oxygens (including phenoxy) is 1. The lowest BCUT2D eigenvalue weighted by Crippen LogP contribution is -2.70. The molecule has 36 heavy (non-hydrogen) atoms. The molecule has 198 valence electrons. The van der Waals surface area contributed by atoms with Gasteiger partial charge in [0, 0.05) is 22.7 Å². The number of halogens is 2. The molecule has 0 spiro atoms. The van der Waals surface area contributed by atoms with Crippen LogP contribution < -0.4 is 0 Å². The first-order valence-electron chi connectivity index (χ1n) is 13.3. The van der Waals surface area contributed by atoms with Crippen LogP contribution in [0.3, 0.4) is 0 Å².